The average molecular weight is 596 g/mol. The maximum atomic E-state index is 13.2. The van der Waals surface area contributed by atoms with Gasteiger partial charge in [0.05, 0.1) is 17.9 Å². The first-order valence-electron chi connectivity index (χ1n) is 12.8. The second-order valence-electron chi connectivity index (χ2n) is 9.02. The number of anilines is 2. The first-order valence-corrected chi connectivity index (χ1v) is 14.8. The molecule has 4 aromatic rings. The Bertz CT molecular complexity index is 1660. The van der Waals surface area contributed by atoms with Crippen LogP contribution in [0.3, 0.4) is 0 Å². The van der Waals surface area contributed by atoms with E-state index in [2.05, 4.69) is 21.1 Å². The Balaban J connectivity index is 1.20. The number of benzene rings is 3. The molecule has 2 heterocycles. The van der Waals surface area contributed by atoms with Gasteiger partial charge in [0.2, 0.25) is 5.91 Å². The Hall–Kier alpha value is -5.00. The molecule has 0 atom stereocenters. The molecule has 0 fully saturated rings. The third-order valence-electron chi connectivity index (χ3n) is 5.90. The van der Waals surface area contributed by atoms with Crippen LogP contribution in [0.5, 0.6) is 0 Å². The summed E-state index contributed by atoms with van der Waals surface area (Å²) in [6, 6.07) is 26.5. The molecule has 0 bridgehead atoms. The number of nitrogens with one attached hydrogen (secondary N) is 3. The van der Waals surface area contributed by atoms with Crippen LogP contribution in [-0.4, -0.2) is 35.2 Å². The van der Waals surface area contributed by atoms with Gasteiger partial charge in [-0.2, -0.15) is 21.4 Å². The fourth-order valence-corrected chi connectivity index (χ4v) is 5.32. The number of thioether (sulfide) groups is 1. The fourth-order valence-electron chi connectivity index (χ4n) is 3.94. The highest BCUT2D eigenvalue weighted by Gasteiger charge is 2.26. The van der Waals surface area contributed by atoms with Crippen molar-refractivity contribution in [2.24, 2.45) is 5.10 Å². The Kier molecular flexibility index (Phi) is 9.22. The molecule has 0 radical (unpaired) electrons. The van der Waals surface area contributed by atoms with Crippen LogP contribution < -0.4 is 21.0 Å². The molecule has 0 saturated heterocycles. The van der Waals surface area contributed by atoms with Gasteiger partial charge in [0.25, 0.3) is 17.7 Å². The van der Waals surface area contributed by atoms with Crippen LogP contribution in [0.1, 0.15) is 22.3 Å². The van der Waals surface area contributed by atoms with Crippen molar-refractivity contribution in [3.8, 4) is 0 Å². The zero-order valence-electron chi connectivity index (χ0n) is 22.2. The van der Waals surface area contributed by atoms with Crippen molar-refractivity contribution in [2.45, 2.75) is 11.3 Å². The lowest BCUT2D eigenvalue weighted by molar-refractivity contribution is -0.117. The van der Waals surface area contributed by atoms with Gasteiger partial charge in [-0.15, -0.1) is 11.8 Å². The molecule has 210 valence electrons. The highest BCUT2D eigenvalue weighted by atomic mass is 32.2. The minimum absolute atomic E-state index is 0.00879. The number of carbonyl (C=O) groups is 4. The number of rotatable bonds is 9. The van der Waals surface area contributed by atoms with Gasteiger partial charge in [0.1, 0.15) is 11.5 Å². The summed E-state index contributed by atoms with van der Waals surface area (Å²) in [5.41, 5.74) is 2.44. The predicted molar refractivity (Wildman–Crippen MR) is 166 cm³/mol. The lowest BCUT2D eigenvalue weighted by Gasteiger charge is -2.12. The number of hydrogen-bond acceptors (Lipinski definition) is 7. The molecule has 1 aliphatic heterocycles. The highest BCUT2D eigenvalue weighted by molar-refractivity contribution is 8.00. The van der Waals surface area contributed by atoms with Crippen molar-refractivity contribution in [1.82, 2.24) is 10.6 Å². The molecule has 5 rings (SSSR count). The van der Waals surface area contributed by atoms with Gasteiger partial charge in [-0.25, -0.2) is 0 Å². The Morgan fingerprint density at radius 1 is 0.929 bits per heavy atom. The molecular weight excluding hydrogens is 571 g/mol. The molecule has 42 heavy (non-hydrogen) atoms. The molecule has 1 aliphatic rings. The SMILES string of the molecule is O=C(CSc1cccc(NC(=O)/C(=C/c2ccsc2)NC(=O)c2ccccc2)c1)NC1=NN(c2ccccc2)C(=O)C1. The number of hydrazone groups is 1. The number of thiophene rings is 1. The maximum Gasteiger partial charge on any atom is 0.272 e. The molecule has 0 aliphatic carbocycles. The van der Waals surface area contributed by atoms with Gasteiger partial charge in [-0.05, 0) is 70.9 Å². The summed E-state index contributed by atoms with van der Waals surface area (Å²) >= 11 is 2.75. The van der Waals surface area contributed by atoms with E-state index in [0.717, 1.165) is 10.5 Å². The van der Waals surface area contributed by atoms with E-state index < -0.39 is 11.8 Å². The van der Waals surface area contributed by atoms with E-state index in [-0.39, 0.29) is 35.5 Å². The normalized spacial score (nSPS) is 13.0. The van der Waals surface area contributed by atoms with E-state index >= 15 is 0 Å². The van der Waals surface area contributed by atoms with Crippen LogP contribution in [-0.2, 0) is 14.4 Å². The number of amidine groups is 1. The average Bonchev–Trinajstić information content (AvgIpc) is 3.66. The van der Waals surface area contributed by atoms with Crippen LogP contribution in [0.25, 0.3) is 6.08 Å². The number of para-hydroxylation sites is 1. The van der Waals surface area contributed by atoms with Crippen molar-refractivity contribution in [3.63, 3.8) is 0 Å². The van der Waals surface area contributed by atoms with Crippen LogP contribution >= 0.6 is 23.1 Å². The Morgan fingerprint density at radius 2 is 1.69 bits per heavy atom. The third kappa shape index (κ3) is 7.59. The first kappa shape index (κ1) is 28.5. The summed E-state index contributed by atoms with van der Waals surface area (Å²) in [5.74, 6) is -1.05. The van der Waals surface area contributed by atoms with Gasteiger partial charge >= 0.3 is 0 Å². The molecule has 3 aromatic carbocycles. The molecule has 0 unspecified atom stereocenters. The minimum atomic E-state index is -0.489. The smallest absolute Gasteiger partial charge is 0.272 e. The van der Waals surface area contributed by atoms with Gasteiger partial charge in [-0.1, -0.05) is 42.5 Å². The highest BCUT2D eigenvalue weighted by Crippen LogP contribution is 2.23. The maximum absolute atomic E-state index is 13.2. The number of nitrogens with zero attached hydrogens (tertiary/aromatic N) is 2. The Morgan fingerprint density at radius 3 is 2.43 bits per heavy atom. The van der Waals surface area contributed by atoms with E-state index in [1.807, 2.05) is 47.2 Å². The lowest BCUT2D eigenvalue weighted by Crippen LogP contribution is -2.31. The summed E-state index contributed by atoms with van der Waals surface area (Å²) in [5, 5.41) is 17.5. The monoisotopic (exact) mass is 595 g/mol. The van der Waals surface area contributed by atoms with Gasteiger partial charge in [0, 0.05) is 16.1 Å². The van der Waals surface area contributed by atoms with Crippen molar-refractivity contribution in [1.29, 1.82) is 0 Å². The van der Waals surface area contributed by atoms with E-state index in [1.54, 1.807) is 60.7 Å². The molecule has 0 spiro atoms. The van der Waals surface area contributed by atoms with Gasteiger partial charge in [0.15, 0.2) is 0 Å². The van der Waals surface area contributed by atoms with Crippen LogP contribution in [0.4, 0.5) is 11.4 Å². The summed E-state index contributed by atoms with van der Waals surface area (Å²) in [4.78, 5) is 51.7. The largest absolute Gasteiger partial charge is 0.321 e. The molecular formula is C31H25N5O4S2. The quantitative estimate of drug-likeness (QED) is 0.183. The standard InChI is InChI=1S/C31H25N5O4S2/c37-28(34-27-18-29(38)36(35-27)24-11-5-2-6-12-24)20-42-25-13-7-10-23(17-25)32-31(40)26(16-21-14-15-41-19-21)33-30(39)22-8-3-1-4-9-22/h1-17,19H,18,20H2,(H,32,40)(H,33,39)(H,34,35,37)/b26-16-. The molecule has 11 heteroatoms. The van der Waals surface area contributed by atoms with E-state index in [1.165, 1.54) is 28.1 Å². The molecule has 9 nitrogen and oxygen atoms in total. The fraction of sp³-hybridized carbons (Fsp3) is 0.0645. The van der Waals surface area contributed by atoms with Gasteiger partial charge in [-0.3, -0.25) is 19.2 Å². The number of hydrogen-bond donors (Lipinski definition) is 3. The van der Waals surface area contributed by atoms with Crippen LogP contribution in [0.15, 0.2) is 117 Å². The van der Waals surface area contributed by atoms with Crippen molar-refractivity contribution >= 4 is 70.0 Å². The van der Waals surface area contributed by atoms with Gasteiger partial charge < -0.3 is 16.0 Å². The zero-order chi connectivity index (χ0) is 29.3. The third-order valence-corrected chi connectivity index (χ3v) is 7.60. The van der Waals surface area contributed by atoms with Crippen LogP contribution in [0, 0.1) is 0 Å². The first-order chi connectivity index (χ1) is 20.4. The van der Waals surface area contributed by atoms with Crippen molar-refractivity contribution in [3.05, 3.63) is 119 Å². The van der Waals surface area contributed by atoms with Crippen molar-refractivity contribution < 1.29 is 19.2 Å². The molecule has 4 amide bonds. The molecule has 3 N–H and O–H groups in total. The van der Waals surface area contributed by atoms with Crippen molar-refractivity contribution in [2.75, 3.05) is 16.1 Å². The summed E-state index contributed by atoms with van der Waals surface area (Å²) in [7, 11) is 0. The number of carbonyl (C=O) groups excluding carboxylic acids is 4. The van der Waals surface area contributed by atoms with E-state index in [4.69, 9.17) is 0 Å². The Labute approximate surface area is 250 Å². The predicted octanol–water partition coefficient (Wildman–Crippen LogP) is 5.12. The second kappa shape index (κ2) is 13.6. The topological polar surface area (TPSA) is 120 Å². The summed E-state index contributed by atoms with van der Waals surface area (Å²) < 4.78 is 0. The zero-order valence-corrected chi connectivity index (χ0v) is 23.8. The summed E-state index contributed by atoms with van der Waals surface area (Å²) in [6.07, 6.45) is 1.62. The molecule has 0 saturated carbocycles. The van der Waals surface area contributed by atoms with E-state index in [0.29, 0.717) is 16.9 Å². The molecule has 1 aromatic heterocycles. The number of amides is 4. The second-order valence-corrected chi connectivity index (χ2v) is 10.8. The van der Waals surface area contributed by atoms with Crippen LogP contribution in [0.2, 0.25) is 0 Å². The van der Waals surface area contributed by atoms with E-state index in [9.17, 15) is 19.2 Å². The minimum Gasteiger partial charge on any atom is -0.321 e. The lowest BCUT2D eigenvalue weighted by atomic mass is 10.2. The summed E-state index contributed by atoms with van der Waals surface area (Å²) in [6.45, 7) is 0.